The van der Waals surface area contributed by atoms with E-state index in [0.29, 0.717) is 28.3 Å². The maximum Gasteiger partial charge on any atom is 0.152 e. The van der Waals surface area contributed by atoms with E-state index >= 15 is 0 Å². The number of benzene rings is 1. The molecular formula is C17H13N3O2. The molecule has 3 aromatic rings. The maximum absolute atomic E-state index is 9.41. The lowest BCUT2D eigenvalue weighted by molar-refractivity contribution is 0.416. The van der Waals surface area contributed by atoms with Crippen LogP contribution in [0.5, 0.6) is 5.75 Å². The van der Waals surface area contributed by atoms with Gasteiger partial charge in [-0.1, -0.05) is 18.2 Å². The van der Waals surface area contributed by atoms with Crippen molar-refractivity contribution in [3.8, 4) is 34.4 Å². The molecule has 3 rings (SSSR count). The Morgan fingerprint density at radius 1 is 1.18 bits per heavy atom. The number of furan rings is 1. The minimum absolute atomic E-state index is 0.164. The fourth-order valence-electron chi connectivity index (χ4n) is 2.31. The number of anilines is 1. The summed E-state index contributed by atoms with van der Waals surface area (Å²) in [5, 5.41) is 9.41. The van der Waals surface area contributed by atoms with Gasteiger partial charge in [0.15, 0.2) is 5.76 Å². The summed E-state index contributed by atoms with van der Waals surface area (Å²) in [7, 11) is 1.59. The van der Waals surface area contributed by atoms with E-state index in [1.54, 1.807) is 31.6 Å². The predicted octanol–water partition coefficient (Wildman–Crippen LogP) is 3.47. The molecule has 0 radical (unpaired) electrons. The molecular weight excluding hydrogens is 278 g/mol. The Bertz CT molecular complexity index is 849. The monoisotopic (exact) mass is 291 g/mol. The number of para-hydroxylation sites is 1. The molecule has 5 nitrogen and oxygen atoms in total. The molecule has 22 heavy (non-hydrogen) atoms. The van der Waals surface area contributed by atoms with Gasteiger partial charge in [-0.25, -0.2) is 4.98 Å². The molecule has 0 fully saturated rings. The maximum atomic E-state index is 9.41. The zero-order chi connectivity index (χ0) is 15.5. The van der Waals surface area contributed by atoms with Gasteiger partial charge in [-0.2, -0.15) is 5.26 Å². The van der Waals surface area contributed by atoms with Crippen LogP contribution in [-0.2, 0) is 0 Å². The van der Waals surface area contributed by atoms with Crippen LogP contribution in [0.2, 0.25) is 0 Å². The Balaban J connectivity index is 2.28. The number of hydrogen-bond acceptors (Lipinski definition) is 5. The minimum Gasteiger partial charge on any atom is -0.496 e. The van der Waals surface area contributed by atoms with Crippen molar-refractivity contribution >= 4 is 5.82 Å². The number of nitrogens with two attached hydrogens (primary N) is 1. The van der Waals surface area contributed by atoms with Crippen LogP contribution in [0.3, 0.4) is 0 Å². The number of pyridine rings is 1. The number of methoxy groups -OCH3 is 1. The molecule has 0 saturated heterocycles. The van der Waals surface area contributed by atoms with Crippen molar-refractivity contribution in [3.05, 3.63) is 54.3 Å². The van der Waals surface area contributed by atoms with Gasteiger partial charge in [-0.3, -0.25) is 0 Å². The SMILES string of the molecule is COc1ccccc1-c1cc(-c2ccco2)nc(N)c1C#N. The Kier molecular flexibility index (Phi) is 3.50. The molecule has 0 aliphatic rings. The second kappa shape index (κ2) is 5.62. The van der Waals surface area contributed by atoms with E-state index in [1.165, 1.54) is 0 Å². The van der Waals surface area contributed by atoms with Gasteiger partial charge in [0, 0.05) is 11.1 Å². The molecule has 0 saturated carbocycles. The van der Waals surface area contributed by atoms with E-state index in [4.69, 9.17) is 14.9 Å². The highest BCUT2D eigenvalue weighted by Gasteiger charge is 2.16. The van der Waals surface area contributed by atoms with Crippen molar-refractivity contribution in [2.75, 3.05) is 12.8 Å². The van der Waals surface area contributed by atoms with Crippen molar-refractivity contribution < 1.29 is 9.15 Å². The number of hydrogen-bond donors (Lipinski definition) is 1. The number of aromatic nitrogens is 1. The fourth-order valence-corrected chi connectivity index (χ4v) is 2.31. The molecule has 0 aliphatic heterocycles. The number of rotatable bonds is 3. The van der Waals surface area contributed by atoms with E-state index < -0.39 is 0 Å². The molecule has 2 heterocycles. The average molecular weight is 291 g/mol. The third-order valence-electron chi connectivity index (χ3n) is 3.33. The Morgan fingerprint density at radius 2 is 2.00 bits per heavy atom. The summed E-state index contributed by atoms with van der Waals surface area (Å²) < 4.78 is 10.7. The Labute approximate surface area is 127 Å². The predicted molar refractivity (Wildman–Crippen MR) is 83.1 cm³/mol. The lowest BCUT2D eigenvalue weighted by Crippen LogP contribution is -2.00. The van der Waals surface area contributed by atoms with Crippen molar-refractivity contribution in [2.45, 2.75) is 0 Å². The Hall–Kier alpha value is -3.26. The van der Waals surface area contributed by atoms with Crippen LogP contribution in [0.4, 0.5) is 5.82 Å². The van der Waals surface area contributed by atoms with Gasteiger partial charge in [0.25, 0.3) is 0 Å². The first-order valence-corrected chi connectivity index (χ1v) is 6.62. The van der Waals surface area contributed by atoms with Crippen LogP contribution >= 0.6 is 0 Å². The molecule has 108 valence electrons. The molecule has 0 bridgehead atoms. The number of nitrogen functional groups attached to an aromatic ring is 1. The van der Waals surface area contributed by atoms with Crippen molar-refractivity contribution in [1.29, 1.82) is 5.26 Å². The highest BCUT2D eigenvalue weighted by Crippen LogP contribution is 2.36. The van der Waals surface area contributed by atoms with E-state index in [9.17, 15) is 5.26 Å². The summed E-state index contributed by atoms with van der Waals surface area (Å²) in [5.74, 6) is 1.42. The van der Waals surface area contributed by atoms with E-state index in [2.05, 4.69) is 11.1 Å². The summed E-state index contributed by atoms with van der Waals surface area (Å²) in [6.07, 6.45) is 1.56. The van der Waals surface area contributed by atoms with E-state index in [-0.39, 0.29) is 5.82 Å². The van der Waals surface area contributed by atoms with Gasteiger partial charge in [0.2, 0.25) is 0 Å². The number of nitriles is 1. The van der Waals surface area contributed by atoms with Crippen molar-refractivity contribution in [1.82, 2.24) is 4.98 Å². The molecule has 0 spiro atoms. The number of nitrogens with zero attached hydrogens (tertiary/aromatic N) is 2. The van der Waals surface area contributed by atoms with Gasteiger partial charge < -0.3 is 14.9 Å². The van der Waals surface area contributed by atoms with Gasteiger partial charge in [-0.05, 0) is 24.3 Å². The first-order chi connectivity index (χ1) is 10.7. The summed E-state index contributed by atoms with van der Waals surface area (Å²) in [6.45, 7) is 0. The summed E-state index contributed by atoms with van der Waals surface area (Å²) in [6, 6.07) is 14.9. The van der Waals surface area contributed by atoms with Crippen LogP contribution in [0.1, 0.15) is 5.56 Å². The van der Waals surface area contributed by atoms with Crippen LogP contribution < -0.4 is 10.5 Å². The lowest BCUT2D eigenvalue weighted by atomic mass is 9.99. The van der Waals surface area contributed by atoms with Crippen LogP contribution in [0.25, 0.3) is 22.6 Å². The fraction of sp³-hybridized carbons (Fsp3) is 0.0588. The molecule has 2 aromatic heterocycles. The third kappa shape index (κ3) is 2.27. The minimum atomic E-state index is 0.164. The molecule has 2 N–H and O–H groups in total. The van der Waals surface area contributed by atoms with Gasteiger partial charge in [-0.15, -0.1) is 0 Å². The Morgan fingerprint density at radius 3 is 2.68 bits per heavy atom. The van der Waals surface area contributed by atoms with Crippen LogP contribution in [0.15, 0.2) is 53.1 Å². The first kappa shape index (κ1) is 13.7. The van der Waals surface area contributed by atoms with Gasteiger partial charge >= 0.3 is 0 Å². The third-order valence-corrected chi connectivity index (χ3v) is 3.33. The van der Waals surface area contributed by atoms with Gasteiger partial charge in [0.05, 0.1) is 13.4 Å². The van der Waals surface area contributed by atoms with E-state index in [0.717, 1.165) is 5.56 Å². The summed E-state index contributed by atoms with van der Waals surface area (Å²) >= 11 is 0. The van der Waals surface area contributed by atoms with Gasteiger partial charge in [0.1, 0.15) is 28.9 Å². The first-order valence-electron chi connectivity index (χ1n) is 6.62. The largest absolute Gasteiger partial charge is 0.496 e. The van der Waals surface area contributed by atoms with Crippen LogP contribution in [-0.4, -0.2) is 12.1 Å². The second-order valence-corrected chi connectivity index (χ2v) is 4.60. The van der Waals surface area contributed by atoms with Crippen LogP contribution in [0, 0.1) is 11.3 Å². The zero-order valence-electron chi connectivity index (χ0n) is 11.9. The molecule has 0 unspecified atom stereocenters. The number of ether oxygens (including phenoxy) is 1. The second-order valence-electron chi connectivity index (χ2n) is 4.60. The average Bonchev–Trinajstić information content (AvgIpc) is 3.08. The van der Waals surface area contributed by atoms with E-state index in [1.807, 2.05) is 24.3 Å². The smallest absolute Gasteiger partial charge is 0.152 e. The molecule has 0 amide bonds. The topological polar surface area (TPSA) is 85.1 Å². The quantitative estimate of drug-likeness (QED) is 0.798. The summed E-state index contributed by atoms with van der Waals surface area (Å²) in [4.78, 5) is 4.25. The molecule has 0 aliphatic carbocycles. The molecule has 1 aromatic carbocycles. The van der Waals surface area contributed by atoms with Crippen molar-refractivity contribution in [3.63, 3.8) is 0 Å². The lowest BCUT2D eigenvalue weighted by Gasteiger charge is -2.12. The molecule has 0 atom stereocenters. The normalized spacial score (nSPS) is 10.2. The highest BCUT2D eigenvalue weighted by molar-refractivity contribution is 5.82. The standard InChI is InChI=1S/C17H13N3O2/c1-21-15-6-3-2-5-11(15)12-9-14(16-7-4-8-22-16)20-17(19)13(12)10-18/h2-9H,1H3,(H2,19,20). The zero-order valence-corrected chi connectivity index (χ0v) is 11.9. The highest BCUT2D eigenvalue weighted by atomic mass is 16.5. The van der Waals surface area contributed by atoms with Crippen molar-refractivity contribution in [2.24, 2.45) is 0 Å². The summed E-state index contributed by atoms with van der Waals surface area (Å²) in [5.41, 5.74) is 8.29. The molecule has 5 heteroatoms.